The van der Waals surface area contributed by atoms with E-state index in [9.17, 15) is 0 Å². The molecule has 3 heteroatoms. The van der Waals surface area contributed by atoms with Gasteiger partial charge in [-0.3, -0.25) is 0 Å². The highest BCUT2D eigenvalue weighted by molar-refractivity contribution is 5.03. The summed E-state index contributed by atoms with van der Waals surface area (Å²) in [7, 11) is 0. The Balaban J connectivity index is 1.72. The Bertz CT molecular complexity index is 317. The van der Waals surface area contributed by atoms with E-state index in [1.807, 2.05) is 6.07 Å². The molecule has 1 aromatic rings. The zero-order chi connectivity index (χ0) is 12.8. The van der Waals surface area contributed by atoms with Gasteiger partial charge in [0.05, 0.1) is 12.3 Å². The number of furan rings is 1. The Morgan fingerprint density at radius 3 is 2.78 bits per heavy atom. The molecule has 0 aliphatic carbocycles. The molecule has 0 amide bonds. The van der Waals surface area contributed by atoms with Crippen molar-refractivity contribution >= 4 is 0 Å². The Morgan fingerprint density at radius 2 is 2.17 bits per heavy atom. The highest BCUT2D eigenvalue weighted by atomic mass is 16.3. The normalized spacial score (nSPS) is 20.1. The molecule has 0 spiro atoms. The molecule has 1 N–H and O–H groups in total. The number of rotatable bonds is 7. The first kappa shape index (κ1) is 13.6. The first-order chi connectivity index (χ1) is 8.79. The van der Waals surface area contributed by atoms with Crippen LogP contribution in [0.2, 0.25) is 0 Å². The first-order valence-electron chi connectivity index (χ1n) is 7.28. The summed E-state index contributed by atoms with van der Waals surface area (Å²) >= 11 is 0. The van der Waals surface area contributed by atoms with E-state index in [0.29, 0.717) is 12.0 Å². The van der Waals surface area contributed by atoms with Gasteiger partial charge in [0, 0.05) is 6.54 Å². The number of hydrogen-bond acceptors (Lipinski definition) is 3. The topological polar surface area (TPSA) is 28.4 Å². The van der Waals surface area contributed by atoms with Crippen LogP contribution in [0, 0.1) is 5.92 Å². The molecule has 1 aromatic heterocycles. The van der Waals surface area contributed by atoms with E-state index in [1.54, 1.807) is 6.26 Å². The van der Waals surface area contributed by atoms with Crippen LogP contribution in [-0.2, 0) is 0 Å². The Morgan fingerprint density at radius 1 is 1.39 bits per heavy atom. The molecule has 18 heavy (non-hydrogen) atoms. The average Bonchev–Trinajstić information content (AvgIpc) is 3.02. The quantitative estimate of drug-likeness (QED) is 0.806. The predicted octanol–water partition coefficient (Wildman–Crippen LogP) is 3.05. The summed E-state index contributed by atoms with van der Waals surface area (Å²) in [5.74, 6) is 1.76. The van der Waals surface area contributed by atoms with Crippen molar-refractivity contribution in [2.75, 3.05) is 26.2 Å². The van der Waals surface area contributed by atoms with Crippen LogP contribution in [0.3, 0.4) is 0 Å². The van der Waals surface area contributed by atoms with E-state index in [4.69, 9.17) is 4.42 Å². The Hall–Kier alpha value is -0.800. The zero-order valence-corrected chi connectivity index (χ0v) is 11.7. The molecule has 1 aliphatic heterocycles. The molecule has 0 saturated carbocycles. The van der Waals surface area contributed by atoms with Gasteiger partial charge < -0.3 is 14.6 Å². The zero-order valence-electron chi connectivity index (χ0n) is 11.7. The molecule has 2 atom stereocenters. The molecule has 3 nitrogen and oxygen atoms in total. The van der Waals surface area contributed by atoms with Gasteiger partial charge in [0.1, 0.15) is 5.76 Å². The molecule has 1 fully saturated rings. The van der Waals surface area contributed by atoms with Crippen molar-refractivity contribution in [3.05, 3.63) is 24.2 Å². The van der Waals surface area contributed by atoms with Crippen molar-refractivity contribution in [3.63, 3.8) is 0 Å². The fourth-order valence-electron chi connectivity index (χ4n) is 2.75. The van der Waals surface area contributed by atoms with Crippen LogP contribution in [0.4, 0.5) is 0 Å². The lowest BCUT2D eigenvalue weighted by Crippen LogP contribution is -2.33. The van der Waals surface area contributed by atoms with Gasteiger partial charge in [-0.15, -0.1) is 0 Å². The van der Waals surface area contributed by atoms with Crippen LogP contribution in [-0.4, -0.2) is 31.1 Å². The highest BCUT2D eigenvalue weighted by Crippen LogP contribution is 2.17. The summed E-state index contributed by atoms with van der Waals surface area (Å²) < 4.78 is 5.48. The second-order valence-corrected chi connectivity index (χ2v) is 5.50. The number of nitrogens with zero attached hydrogens (tertiary/aromatic N) is 1. The van der Waals surface area contributed by atoms with Gasteiger partial charge in [0.2, 0.25) is 0 Å². The third kappa shape index (κ3) is 3.85. The van der Waals surface area contributed by atoms with Crippen molar-refractivity contribution in [2.45, 2.75) is 39.2 Å². The Kier molecular flexibility index (Phi) is 5.26. The van der Waals surface area contributed by atoms with E-state index in [-0.39, 0.29) is 0 Å². The highest BCUT2D eigenvalue weighted by Gasteiger charge is 2.16. The SMILES string of the molecule is CCC(NCC(C)CN1CCCC1)c1ccco1. The van der Waals surface area contributed by atoms with E-state index in [0.717, 1.165) is 18.7 Å². The van der Waals surface area contributed by atoms with E-state index >= 15 is 0 Å². The fraction of sp³-hybridized carbons (Fsp3) is 0.733. The van der Waals surface area contributed by atoms with Gasteiger partial charge >= 0.3 is 0 Å². The monoisotopic (exact) mass is 250 g/mol. The maximum absolute atomic E-state index is 5.48. The van der Waals surface area contributed by atoms with Crippen LogP contribution >= 0.6 is 0 Å². The first-order valence-corrected chi connectivity index (χ1v) is 7.28. The standard InChI is InChI=1S/C15H26N2O/c1-3-14(15-7-6-10-18-15)16-11-13(2)12-17-8-4-5-9-17/h6-7,10,13-14,16H,3-5,8-9,11-12H2,1-2H3. The van der Waals surface area contributed by atoms with Crippen molar-refractivity contribution in [3.8, 4) is 0 Å². The molecular formula is C15H26N2O. The van der Waals surface area contributed by atoms with Gasteiger partial charge in [0.15, 0.2) is 0 Å². The predicted molar refractivity (Wildman–Crippen MR) is 74.6 cm³/mol. The summed E-state index contributed by atoms with van der Waals surface area (Å²) in [5, 5.41) is 3.63. The minimum Gasteiger partial charge on any atom is -0.468 e. The van der Waals surface area contributed by atoms with Crippen molar-refractivity contribution in [1.29, 1.82) is 0 Å². The van der Waals surface area contributed by atoms with Gasteiger partial charge in [0.25, 0.3) is 0 Å². The van der Waals surface area contributed by atoms with Crippen LogP contribution in [0.5, 0.6) is 0 Å². The maximum Gasteiger partial charge on any atom is 0.120 e. The lowest BCUT2D eigenvalue weighted by molar-refractivity contribution is 0.273. The van der Waals surface area contributed by atoms with Crippen LogP contribution in [0.1, 0.15) is 44.9 Å². The van der Waals surface area contributed by atoms with Crippen LogP contribution in [0.15, 0.2) is 22.8 Å². The minimum absolute atomic E-state index is 0.362. The van der Waals surface area contributed by atoms with Crippen molar-refractivity contribution in [1.82, 2.24) is 10.2 Å². The fourth-order valence-corrected chi connectivity index (χ4v) is 2.75. The molecule has 2 heterocycles. The van der Waals surface area contributed by atoms with Crippen LogP contribution in [0.25, 0.3) is 0 Å². The molecule has 2 unspecified atom stereocenters. The lowest BCUT2D eigenvalue weighted by atomic mass is 10.1. The summed E-state index contributed by atoms with van der Waals surface area (Å²) in [6.07, 6.45) is 5.59. The lowest BCUT2D eigenvalue weighted by Gasteiger charge is -2.22. The number of likely N-dealkylation sites (tertiary alicyclic amines) is 1. The van der Waals surface area contributed by atoms with Gasteiger partial charge in [-0.05, 0) is 56.9 Å². The largest absolute Gasteiger partial charge is 0.468 e. The third-order valence-electron chi connectivity index (χ3n) is 3.78. The smallest absolute Gasteiger partial charge is 0.120 e. The summed E-state index contributed by atoms with van der Waals surface area (Å²) in [4.78, 5) is 2.58. The second-order valence-electron chi connectivity index (χ2n) is 5.50. The summed E-state index contributed by atoms with van der Waals surface area (Å²) in [6.45, 7) is 9.41. The maximum atomic E-state index is 5.48. The second kappa shape index (κ2) is 6.95. The molecule has 1 saturated heterocycles. The summed E-state index contributed by atoms with van der Waals surface area (Å²) in [5.41, 5.74) is 0. The molecular weight excluding hydrogens is 224 g/mol. The van der Waals surface area contributed by atoms with Crippen molar-refractivity contribution in [2.24, 2.45) is 5.92 Å². The molecule has 0 bridgehead atoms. The van der Waals surface area contributed by atoms with Gasteiger partial charge in [-0.2, -0.15) is 0 Å². The summed E-state index contributed by atoms with van der Waals surface area (Å²) in [6, 6.07) is 4.39. The van der Waals surface area contributed by atoms with Gasteiger partial charge in [-0.1, -0.05) is 13.8 Å². The Labute approximate surface area is 111 Å². The van der Waals surface area contributed by atoms with Crippen LogP contribution < -0.4 is 5.32 Å². The molecule has 102 valence electrons. The third-order valence-corrected chi connectivity index (χ3v) is 3.78. The average molecular weight is 250 g/mol. The van der Waals surface area contributed by atoms with Crippen molar-refractivity contribution < 1.29 is 4.42 Å². The van der Waals surface area contributed by atoms with E-state index in [2.05, 4.69) is 30.1 Å². The molecule has 1 aliphatic rings. The number of nitrogens with one attached hydrogen (secondary N) is 1. The molecule has 2 rings (SSSR count). The minimum atomic E-state index is 0.362. The molecule has 0 aromatic carbocycles. The van der Waals surface area contributed by atoms with E-state index < -0.39 is 0 Å². The van der Waals surface area contributed by atoms with E-state index in [1.165, 1.54) is 32.5 Å². The number of hydrogen-bond donors (Lipinski definition) is 1. The molecule has 0 radical (unpaired) electrons. The van der Waals surface area contributed by atoms with Gasteiger partial charge in [-0.25, -0.2) is 0 Å².